The first kappa shape index (κ1) is 38.1. The van der Waals surface area contributed by atoms with Crippen molar-refractivity contribution in [2.45, 2.75) is 83.1 Å². The van der Waals surface area contributed by atoms with E-state index in [9.17, 15) is 0 Å². The zero-order chi connectivity index (χ0) is 31.9. The van der Waals surface area contributed by atoms with E-state index in [1.54, 1.807) is 0 Å². The summed E-state index contributed by atoms with van der Waals surface area (Å²) < 4.78 is 0. The number of hydrogen-bond donors (Lipinski definition) is 0. The first-order valence-corrected chi connectivity index (χ1v) is 16.1. The molecular formula is C42H56. The van der Waals surface area contributed by atoms with Crippen LogP contribution < -0.4 is 0 Å². The second-order valence-corrected chi connectivity index (χ2v) is 8.47. The van der Waals surface area contributed by atoms with Crippen molar-refractivity contribution < 1.29 is 0 Å². The van der Waals surface area contributed by atoms with Crippen LogP contribution in [0.25, 0.3) is 44.5 Å². The van der Waals surface area contributed by atoms with Gasteiger partial charge < -0.3 is 0 Å². The summed E-state index contributed by atoms with van der Waals surface area (Å²) in [4.78, 5) is 0. The van der Waals surface area contributed by atoms with Crippen LogP contribution in [0.15, 0.2) is 121 Å². The number of benzene rings is 5. The third kappa shape index (κ3) is 11.5. The second kappa shape index (κ2) is 22.8. The summed E-state index contributed by atoms with van der Waals surface area (Å²) in [6.07, 6.45) is 0. The molecule has 0 amide bonds. The fourth-order valence-corrected chi connectivity index (χ4v) is 4.08. The van der Waals surface area contributed by atoms with E-state index in [1.807, 2.05) is 69.2 Å². The average molecular weight is 561 g/mol. The lowest BCUT2D eigenvalue weighted by Crippen LogP contribution is -1.84. The van der Waals surface area contributed by atoms with Crippen LogP contribution in [-0.2, 0) is 0 Å². The van der Waals surface area contributed by atoms with Gasteiger partial charge in [0, 0.05) is 0 Å². The van der Waals surface area contributed by atoms with Gasteiger partial charge in [-0.15, -0.1) is 0 Å². The van der Waals surface area contributed by atoms with Crippen molar-refractivity contribution in [1.82, 2.24) is 0 Å². The lowest BCUT2D eigenvalue weighted by atomic mass is 9.96. The SMILES string of the molecule is CC.CC.CC.CC.CC.Cc1ccc(-c2ccc(-c3cccc(-c4ccc(-c5ccc(C)cc5)cc4)c3)cc2)cc1. The minimum absolute atomic E-state index is 1.24. The molecule has 0 saturated heterocycles. The molecule has 0 atom stereocenters. The van der Waals surface area contributed by atoms with Crippen molar-refractivity contribution in [3.63, 3.8) is 0 Å². The van der Waals surface area contributed by atoms with Crippen molar-refractivity contribution in [2.24, 2.45) is 0 Å². The number of hydrogen-bond acceptors (Lipinski definition) is 0. The Kier molecular flexibility index (Phi) is 20.6. The largest absolute Gasteiger partial charge is 0.0683 e. The van der Waals surface area contributed by atoms with Crippen molar-refractivity contribution in [3.05, 3.63) is 132 Å². The van der Waals surface area contributed by atoms with Crippen LogP contribution in [0.4, 0.5) is 0 Å². The Morgan fingerprint density at radius 2 is 0.429 bits per heavy atom. The topological polar surface area (TPSA) is 0 Å². The summed E-state index contributed by atoms with van der Waals surface area (Å²) in [5.74, 6) is 0. The Balaban J connectivity index is 0.00000153. The van der Waals surface area contributed by atoms with Gasteiger partial charge in [-0.1, -0.05) is 196 Å². The summed E-state index contributed by atoms with van der Waals surface area (Å²) in [5, 5.41) is 0. The van der Waals surface area contributed by atoms with Gasteiger partial charge in [0.05, 0.1) is 0 Å². The van der Waals surface area contributed by atoms with E-state index >= 15 is 0 Å². The van der Waals surface area contributed by atoms with Crippen molar-refractivity contribution in [1.29, 1.82) is 0 Å². The van der Waals surface area contributed by atoms with Gasteiger partial charge in [-0.3, -0.25) is 0 Å². The summed E-state index contributed by atoms with van der Waals surface area (Å²) in [7, 11) is 0. The Labute approximate surface area is 259 Å². The van der Waals surface area contributed by atoms with Crippen LogP contribution in [0, 0.1) is 13.8 Å². The monoisotopic (exact) mass is 560 g/mol. The van der Waals surface area contributed by atoms with Crippen LogP contribution in [0.2, 0.25) is 0 Å². The highest BCUT2D eigenvalue weighted by Crippen LogP contribution is 2.30. The molecule has 224 valence electrons. The molecule has 5 rings (SSSR count). The van der Waals surface area contributed by atoms with Gasteiger partial charge in [-0.2, -0.15) is 0 Å². The maximum atomic E-state index is 2.28. The molecular weight excluding hydrogens is 504 g/mol. The van der Waals surface area contributed by atoms with E-state index in [0.29, 0.717) is 0 Å². The highest BCUT2D eigenvalue weighted by molar-refractivity contribution is 5.76. The van der Waals surface area contributed by atoms with Gasteiger partial charge >= 0.3 is 0 Å². The standard InChI is InChI=1S/C32H26.5C2H6/c1-23-6-10-25(11-7-23)27-14-18-29(19-15-27)31-4-3-5-32(22-31)30-20-16-28(17-21-30)26-12-8-24(2)9-13-26;5*1-2/h3-22H,1-2H3;5*1-2H3. The lowest BCUT2D eigenvalue weighted by molar-refractivity contribution is 1.47. The molecule has 0 spiro atoms. The molecule has 0 aliphatic heterocycles. The van der Waals surface area contributed by atoms with Gasteiger partial charge in [0.1, 0.15) is 0 Å². The van der Waals surface area contributed by atoms with Crippen molar-refractivity contribution in [3.8, 4) is 44.5 Å². The zero-order valence-electron chi connectivity index (χ0n) is 28.5. The van der Waals surface area contributed by atoms with Crippen LogP contribution in [0.3, 0.4) is 0 Å². The third-order valence-electron chi connectivity index (χ3n) is 6.07. The van der Waals surface area contributed by atoms with Gasteiger partial charge in [0.25, 0.3) is 0 Å². The zero-order valence-corrected chi connectivity index (χ0v) is 28.5. The fourth-order valence-electron chi connectivity index (χ4n) is 4.08. The highest BCUT2D eigenvalue weighted by Gasteiger charge is 2.04. The van der Waals surface area contributed by atoms with E-state index in [0.717, 1.165) is 0 Å². The quantitative estimate of drug-likeness (QED) is 0.205. The Bertz CT molecular complexity index is 1220. The van der Waals surface area contributed by atoms with Gasteiger partial charge in [0.15, 0.2) is 0 Å². The van der Waals surface area contributed by atoms with Crippen molar-refractivity contribution in [2.75, 3.05) is 0 Å². The molecule has 0 aromatic heterocycles. The fraction of sp³-hybridized carbons (Fsp3) is 0.286. The summed E-state index contributed by atoms with van der Waals surface area (Å²) in [6.45, 7) is 24.2. The molecule has 0 bridgehead atoms. The van der Waals surface area contributed by atoms with Crippen LogP contribution in [0.5, 0.6) is 0 Å². The first-order valence-electron chi connectivity index (χ1n) is 16.1. The minimum atomic E-state index is 1.24. The van der Waals surface area contributed by atoms with Crippen molar-refractivity contribution >= 4 is 0 Å². The molecule has 0 heterocycles. The molecule has 0 heteroatoms. The van der Waals surface area contributed by atoms with E-state index in [1.165, 1.54) is 55.6 Å². The van der Waals surface area contributed by atoms with Crippen LogP contribution in [-0.4, -0.2) is 0 Å². The third-order valence-corrected chi connectivity index (χ3v) is 6.07. The highest BCUT2D eigenvalue weighted by atomic mass is 14.1. The first-order chi connectivity index (χ1) is 20.7. The molecule has 0 radical (unpaired) electrons. The molecule has 0 aliphatic rings. The molecule has 5 aromatic carbocycles. The Morgan fingerprint density at radius 1 is 0.238 bits per heavy atom. The Morgan fingerprint density at radius 3 is 0.667 bits per heavy atom. The molecule has 0 saturated carbocycles. The van der Waals surface area contributed by atoms with Gasteiger partial charge in [0.2, 0.25) is 0 Å². The van der Waals surface area contributed by atoms with E-state index in [4.69, 9.17) is 0 Å². The van der Waals surface area contributed by atoms with Gasteiger partial charge in [-0.25, -0.2) is 0 Å². The predicted molar refractivity (Wildman–Crippen MR) is 194 cm³/mol. The number of aryl methyl sites for hydroxylation is 2. The average Bonchev–Trinajstić information content (AvgIpc) is 3.10. The number of rotatable bonds is 4. The molecule has 0 N–H and O–H groups in total. The predicted octanol–water partition coefficient (Wildman–Crippen LogP) is 14.1. The molecule has 5 aromatic rings. The summed E-state index contributed by atoms with van der Waals surface area (Å²) in [5.41, 5.74) is 12.5. The molecule has 0 unspecified atom stereocenters. The molecule has 0 fully saturated rings. The maximum Gasteiger partial charge on any atom is -0.0178 e. The molecule has 42 heavy (non-hydrogen) atoms. The smallest absolute Gasteiger partial charge is 0.0178 e. The second-order valence-electron chi connectivity index (χ2n) is 8.47. The normalized spacial score (nSPS) is 8.95. The summed E-state index contributed by atoms with van der Waals surface area (Å²) in [6, 6.07) is 43.9. The molecule has 0 aliphatic carbocycles. The lowest BCUT2D eigenvalue weighted by Gasteiger charge is -2.09. The van der Waals surface area contributed by atoms with Crippen LogP contribution in [0.1, 0.15) is 80.4 Å². The molecule has 0 nitrogen and oxygen atoms in total. The Hall–Kier alpha value is -3.90. The summed E-state index contributed by atoms with van der Waals surface area (Å²) >= 11 is 0. The van der Waals surface area contributed by atoms with Crippen LogP contribution >= 0.6 is 0 Å². The van der Waals surface area contributed by atoms with Gasteiger partial charge in [-0.05, 0) is 64.4 Å². The minimum Gasteiger partial charge on any atom is -0.0683 e. The van der Waals surface area contributed by atoms with E-state index < -0.39 is 0 Å². The maximum absolute atomic E-state index is 2.28. The van der Waals surface area contributed by atoms with E-state index in [-0.39, 0.29) is 0 Å². The van der Waals surface area contributed by atoms with E-state index in [2.05, 4.69) is 135 Å².